The number of benzene rings is 2. The number of nitrogens with zero attached hydrogens (tertiary/aromatic N) is 1. The number of aromatic nitrogens is 1. The highest BCUT2D eigenvalue weighted by Crippen LogP contribution is 2.33. The van der Waals surface area contributed by atoms with Crippen LogP contribution in [0.4, 0.5) is 5.69 Å². The Kier molecular flexibility index (Phi) is 7.52. The zero-order chi connectivity index (χ0) is 24.0. The molecule has 174 valence electrons. The van der Waals surface area contributed by atoms with Gasteiger partial charge >= 0.3 is 5.97 Å². The first-order valence-corrected chi connectivity index (χ1v) is 10.1. The van der Waals surface area contributed by atoms with E-state index >= 15 is 0 Å². The zero-order valence-corrected chi connectivity index (χ0v) is 18.3. The highest BCUT2D eigenvalue weighted by Gasteiger charge is 2.19. The summed E-state index contributed by atoms with van der Waals surface area (Å²) < 4.78 is 16.4. The van der Waals surface area contributed by atoms with E-state index in [0.717, 1.165) is 0 Å². The zero-order valence-electron chi connectivity index (χ0n) is 18.3. The van der Waals surface area contributed by atoms with Crippen LogP contribution in [0.3, 0.4) is 0 Å². The van der Waals surface area contributed by atoms with Crippen molar-refractivity contribution >= 4 is 28.5 Å². The van der Waals surface area contributed by atoms with E-state index < -0.39 is 5.97 Å². The molecule has 10 nitrogen and oxygen atoms in total. The van der Waals surface area contributed by atoms with Gasteiger partial charge in [0.05, 0.1) is 42.5 Å². The molecule has 0 radical (unpaired) electrons. The summed E-state index contributed by atoms with van der Waals surface area (Å²) in [6, 6.07) is 9.83. The number of aliphatic hydroxyl groups is 1. The van der Waals surface area contributed by atoms with Crippen LogP contribution in [0.1, 0.15) is 26.4 Å². The normalized spacial score (nSPS) is 10.6. The van der Waals surface area contributed by atoms with Crippen molar-refractivity contribution in [2.24, 2.45) is 0 Å². The maximum absolute atomic E-state index is 12.5. The Bertz CT molecular complexity index is 1180. The summed E-state index contributed by atoms with van der Waals surface area (Å²) in [5.41, 5.74) is 7.32. The fraction of sp³-hybridized carbons (Fsp3) is 0.261. The van der Waals surface area contributed by atoms with Gasteiger partial charge in [-0.15, -0.1) is 0 Å². The second-order valence-corrected chi connectivity index (χ2v) is 6.98. The molecule has 0 spiro atoms. The first kappa shape index (κ1) is 23.6. The Morgan fingerprint density at radius 3 is 2.55 bits per heavy atom. The molecule has 0 saturated carbocycles. The molecule has 0 aliphatic rings. The minimum Gasteiger partial charge on any atom is -0.493 e. The number of hydrogen-bond donors (Lipinski definition) is 4. The number of methoxy groups -OCH3 is 1. The van der Waals surface area contributed by atoms with E-state index in [0.29, 0.717) is 39.4 Å². The minimum absolute atomic E-state index is 0.0643. The second-order valence-electron chi connectivity index (χ2n) is 6.98. The molecule has 0 saturated heterocycles. The molecule has 2 aromatic carbocycles. The summed E-state index contributed by atoms with van der Waals surface area (Å²) in [6.07, 6.45) is 0. The van der Waals surface area contributed by atoms with Gasteiger partial charge in [-0.1, -0.05) is 6.07 Å². The highest BCUT2D eigenvalue weighted by molar-refractivity contribution is 6.06. The predicted octanol–water partition coefficient (Wildman–Crippen LogP) is 2.01. The number of nitrogens with one attached hydrogen (secondary N) is 1. The largest absolute Gasteiger partial charge is 0.493 e. The molecule has 33 heavy (non-hydrogen) atoms. The number of carboxylic acids is 1. The van der Waals surface area contributed by atoms with Gasteiger partial charge in [-0.25, -0.2) is 4.79 Å². The van der Waals surface area contributed by atoms with Gasteiger partial charge in [0, 0.05) is 5.56 Å². The molecule has 1 heterocycles. The van der Waals surface area contributed by atoms with E-state index in [2.05, 4.69) is 10.3 Å². The second kappa shape index (κ2) is 10.5. The number of carboxylic acid groups (broad SMARTS) is 1. The van der Waals surface area contributed by atoms with Gasteiger partial charge in [0.25, 0.3) is 5.91 Å². The number of amides is 1. The maximum Gasteiger partial charge on any atom is 0.339 e. The molecule has 0 aliphatic carbocycles. The number of carbonyl (C=O) groups excluding carboxylic acids is 1. The number of ether oxygens (including phenoxy) is 3. The van der Waals surface area contributed by atoms with Gasteiger partial charge in [-0.3, -0.25) is 9.78 Å². The number of rotatable bonds is 10. The van der Waals surface area contributed by atoms with Crippen LogP contribution in [0.25, 0.3) is 10.9 Å². The summed E-state index contributed by atoms with van der Waals surface area (Å²) >= 11 is 0. The molecular weight excluding hydrogens is 430 g/mol. The van der Waals surface area contributed by atoms with Crippen molar-refractivity contribution in [3.63, 3.8) is 0 Å². The summed E-state index contributed by atoms with van der Waals surface area (Å²) in [5.74, 6) is -0.347. The van der Waals surface area contributed by atoms with Crippen LogP contribution >= 0.6 is 0 Å². The Morgan fingerprint density at radius 2 is 1.85 bits per heavy atom. The molecule has 0 unspecified atom stereocenters. The van der Waals surface area contributed by atoms with Crippen LogP contribution < -0.4 is 25.3 Å². The third-order valence-corrected chi connectivity index (χ3v) is 4.83. The lowest BCUT2D eigenvalue weighted by Crippen LogP contribution is -2.28. The van der Waals surface area contributed by atoms with Gasteiger partial charge in [-0.2, -0.15) is 0 Å². The Balaban J connectivity index is 1.68. The third kappa shape index (κ3) is 5.24. The van der Waals surface area contributed by atoms with Crippen molar-refractivity contribution in [1.82, 2.24) is 10.3 Å². The standard InChI is InChI=1S/C23H25N3O7/c1-13-19(23(29)30)21(24)20-15(26-13)4-3-5-17(20)32-10-8-25-22(28)14-6-7-16(31-2)18(12-14)33-11-9-27/h3-7,12,27H,8-11H2,1-2H3,(H2,24,26)(H,25,28)(H,29,30). The topological polar surface area (TPSA) is 153 Å². The monoisotopic (exact) mass is 455 g/mol. The lowest BCUT2D eigenvalue weighted by Gasteiger charge is -2.14. The Hall–Kier alpha value is -4.05. The molecule has 0 atom stereocenters. The van der Waals surface area contributed by atoms with Gasteiger partial charge in [0.2, 0.25) is 0 Å². The number of aliphatic hydroxyl groups excluding tert-OH is 1. The van der Waals surface area contributed by atoms with Crippen LogP contribution in [0.2, 0.25) is 0 Å². The number of aryl methyl sites for hydroxylation is 1. The first-order chi connectivity index (χ1) is 15.9. The third-order valence-electron chi connectivity index (χ3n) is 4.83. The lowest BCUT2D eigenvalue weighted by atomic mass is 10.1. The SMILES string of the molecule is COc1ccc(C(=O)NCCOc2cccc3nc(C)c(C(=O)O)c(N)c23)cc1OCCO. The maximum atomic E-state index is 12.5. The molecular formula is C23H25N3O7. The van der Waals surface area contributed by atoms with E-state index in [-0.39, 0.29) is 43.5 Å². The van der Waals surface area contributed by atoms with Crippen molar-refractivity contribution in [2.45, 2.75) is 6.92 Å². The number of nitrogen functional groups attached to an aromatic ring is 1. The number of aromatic carboxylic acids is 1. The molecule has 1 aromatic heterocycles. The van der Waals surface area contributed by atoms with E-state index in [9.17, 15) is 14.7 Å². The highest BCUT2D eigenvalue weighted by atomic mass is 16.5. The lowest BCUT2D eigenvalue weighted by molar-refractivity contribution is 0.0696. The van der Waals surface area contributed by atoms with Crippen LogP contribution in [-0.2, 0) is 0 Å². The van der Waals surface area contributed by atoms with Gasteiger partial charge < -0.3 is 35.5 Å². The molecule has 0 bridgehead atoms. The van der Waals surface area contributed by atoms with Crippen LogP contribution in [0.15, 0.2) is 36.4 Å². The molecule has 3 rings (SSSR count). The van der Waals surface area contributed by atoms with Crippen LogP contribution in [0, 0.1) is 6.92 Å². The number of hydrogen-bond acceptors (Lipinski definition) is 8. The Labute approximate surface area is 189 Å². The van der Waals surface area contributed by atoms with Crippen molar-refractivity contribution in [1.29, 1.82) is 0 Å². The fourth-order valence-electron chi connectivity index (χ4n) is 3.34. The Morgan fingerprint density at radius 1 is 1.09 bits per heavy atom. The quantitative estimate of drug-likeness (QED) is 0.336. The number of pyridine rings is 1. The number of anilines is 1. The number of nitrogens with two attached hydrogens (primary N) is 1. The van der Waals surface area contributed by atoms with Gasteiger partial charge in [0.15, 0.2) is 11.5 Å². The summed E-state index contributed by atoms with van der Waals surface area (Å²) in [7, 11) is 1.48. The minimum atomic E-state index is -1.16. The van der Waals surface area contributed by atoms with E-state index in [1.165, 1.54) is 13.2 Å². The van der Waals surface area contributed by atoms with E-state index in [1.807, 2.05) is 0 Å². The molecule has 3 aromatic rings. The average molecular weight is 455 g/mol. The van der Waals surface area contributed by atoms with Crippen molar-refractivity contribution < 1.29 is 34.0 Å². The summed E-state index contributed by atoms with van der Waals surface area (Å²) in [4.78, 5) is 28.4. The number of fused-ring (bicyclic) bond motifs is 1. The molecule has 0 fully saturated rings. The van der Waals surface area contributed by atoms with Crippen molar-refractivity contribution in [3.05, 3.63) is 53.2 Å². The van der Waals surface area contributed by atoms with Crippen molar-refractivity contribution in [3.8, 4) is 17.2 Å². The molecule has 10 heteroatoms. The van der Waals surface area contributed by atoms with Gasteiger partial charge in [-0.05, 0) is 37.3 Å². The van der Waals surface area contributed by atoms with Gasteiger partial charge in [0.1, 0.15) is 24.5 Å². The molecule has 1 amide bonds. The summed E-state index contributed by atoms with van der Waals surface area (Å²) in [5, 5.41) is 21.5. The van der Waals surface area contributed by atoms with E-state index in [4.69, 9.17) is 25.1 Å². The summed E-state index contributed by atoms with van der Waals surface area (Å²) in [6.45, 7) is 1.78. The molecule has 5 N–H and O–H groups in total. The first-order valence-electron chi connectivity index (χ1n) is 10.1. The van der Waals surface area contributed by atoms with Crippen LogP contribution in [0.5, 0.6) is 17.2 Å². The predicted molar refractivity (Wildman–Crippen MR) is 121 cm³/mol. The van der Waals surface area contributed by atoms with Crippen LogP contribution in [-0.4, -0.2) is 60.5 Å². The average Bonchev–Trinajstić information content (AvgIpc) is 2.79. The molecule has 0 aliphatic heterocycles. The smallest absolute Gasteiger partial charge is 0.339 e. The van der Waals surface area contributed by atoms with Crippen molar-refractivity contribution in [2.75, 3.05) is 39.2 Å². The van der Waals surface area contributed by atoms with E-state index in [1.54, 1.807) is 37.3 Å². The fourth-order valence-corrected chi connectivity index (χ4v) is 3.34. The number of carbonyl (C=O) groups is 2.